The molecule has 0 aliphatic heterocycles. The third-order valence-corrected chi connectivity index (χ3v) is 2.28. The number of hydrogen-bond donors (Lipinski definition) is 0. The summed E-state index contributed by atoms with van der Waals surface area (Å²) in [6, 6.07) is 7.13. The van der Waals surface area contributed by atoms with Crippen LogP contribution in [0.25, 0.3) is 0 Å². The smallest absolute Gasteiger partial charge is 0.179 e. The molecule has 0 saturated carbocycles. The van der Waals surface area contributed by atoms with E-state index in [9.17, 15) is 4.79 Å². The van der Waals surface area contributed by atoms with Crippen LogP contribution in [0.5, 0.6) is 5.75 Å². The van der Waals surface area contributed by atoms with Gasteiger partial charge in [0.2, 0.25) is 0 Å². The van der Waals surface area contributed by atoms with E-state index in [1.165, 1.54) is 0 Å². The Hall–Kier alpha value is -1.82. The zero-order valence-corrected chi connectivity index (χ0v) is 9.07. The van der Waals surface area contributed by atoms with Crippen molar-refractivity contribution in [3.05, 3.63) is 29.3 Å². The number of Topliss-reactive ketones (excluding diaryl/α,β-unsaturated/α-hetero) is 1. The summed E-state index contributed by atoms with van der Waals surface area (Å²) in [5.74, 6) is -0.112. The normalized spacial score (nSPS) is 11.6. The van der Waals surface area contributed by atoms with Crippen molar-refractivity contribution in [1.82, 2.24) is 0 Å². The van der Waals surface area contributed by atoms with Crippen molar-refractivity contribution in [2.75, 3.05) is 7.11 Å². The van der Waals surface area contributed by atoms with Crippen molar-refractivity contribution in [1.29, 1.82) is 5.26 Å². The van der Waals surface area contributed by atoms with Gasteiger partial charge < -0.3 is 4.74 Å². The van der Waals surface area contributed by atoms with E-state index in [1.54, 1.807) is 26.2 Å². The van der Waals surface area contributed by atoms with Gasteiger partial charge in [-0.3, -0.25) is 4.79 Å². The number of carbonyl (C=O) groups excluding carboxylic acids is 1. The van der Waals surface area contributed by atoms with Crippen molar-refractivity contribution in [3.8, 4) is 11.8 Å². The largest absolute Gasteiger partial charge is 0.496 e. The van der Waals surface area contributed by atoms with Gasteiger partial charge in [0.1, 0.15) is 11.7 Å². The summed E-state index contributed by atoms with van der Waals surface area (Å²) in [5, 5.41) is 8.65. The molecule has 1 aromatic carbocycles. The van der Waals surface area contributed by atoms with Crippen LogP contribution in [0.3, 0.4) is 0 Å². The van der Waals surface area contributed by atoms with Crippen LogP contribution >= 0.6 is 0 Å². The Morgan fingerprint density at radius 1 is 1.53 bits per heavy atom. The van der Waals surface area contributed by atoms with E-state index in [-0.39, 0.29) is 5.78 Å². The number of carbonyl (C=O) groups is 1. The molecule has 0 fully saturated rings. The first kappa shape index (κ1) is 11.3. The number of nitrogens with zero attached hydrogens (tertiary/aromatic N) is 1. The minimum Gasteiger partial charge on any atom is -0.496 e. The standard InChI is InChI=1S/C12H13NO2/c1-8-4-5-10(6-11(8)15-3)12(14)9(2)7-13/h4-6,9H,1-3H3. The van der Waals surface area contributed by atoms with Crippen molar-refractivity contribution in [3.63, 3.8) is 0 Å². The van der Waals surface area contributed by atoms with Crippen LogP contribution < -0.4 is 4.74 Å². The highest BCUT2D eigenvalue weighted by Gasteiger charge is 2.15. The molecule has 15 heavy (non-hydrogen) atoms. The molecule has 0 heterocycles. The summed E-state index contributed by atoms with van der Waals surface area (Å²) in [5.41, 5.74) is 1.49. The molecule has 0 radical (unpaired) electrons. The molecule has 0 aliphatic rings. The van der Waals surface area contributed by atoms with Gasteiger partial charge in [0.05, 0.1) is 13.2 Å². The summed E-state index contributed by atoms with van der Waals surface area (Å²) in [6.45, 7) is 3.50. The lowest BCUT2D eigenvalue weighted by molar-refractivity contribution is 0.0956. The Bertz CT molecular complexity index is 418. The predicted octanol–water partition coefficient (Wildman–Crippen LogP) is 2.35. The minimum absolute atomic E-state index is 0.171. The zero-order chi connectivity index (χ0) is 11.4. The Balaban J connectivity index is 3.07. The van der Waals surface area contributed by atoms with E-state index in [2.05, 4.69) is 0 Å². The lowest BCUT2D eigenvalue weighted by Gasteiger charge is -2.07. The van der Waals surface area contributed by atoms with E-state index in [0.29, 0.717) is 11.3 Å². The van der Waals surface area contributed by atoms with Crippen LogP contribution in [0.4, 0.5) is 0 Å². The molecule has 1 unspecified atom stereocenters. The van der Waals surface area contributed by atoms with Crippen LogP contribution in [0.1, 0.15) is 22.8 Å². The second-order valence-corrected chi connectivity index (χ2v) is 3.40. The van der Waals surface area contributed by atoms with Gasteiger partial charge in [-0.05, 0) is 25.5 Å². The number of methoxy groups -OCH3 is 1. The van der Waals surface area contributed by atoms with Crippen molar-refractivity contribution >= 4 is 5.78 Å². The molecule has 1 rings (SSSR count). The van der Waals surface area contributed by atoms with Crippen LogP contribution in [-0.4, -0.2) is 12.9 Å². The molecule has 78 valence electrons. The molecule has 0 amide bonds. The maximum Gasteiger partial charge on any atom is 0.179 e. The van der Waals surface area contributed by atoms with Crippen LogP contribution in [0, 0.1) is 24.2 Å². The number of ketones is 1. The van der Waals surface area contributed by atoms with Crippen molar-refractivity contribution < 1.29 is 9.53 Å². The number of hydrogen-bond acceptors (Lipinski definition) is 3. The highest BCUT2D eigenvalue weighted by molar-refractivity contribution is 5.99. The average molecular weight is 203 g/mol. The van der Waals surface area contributed by atoms with Gasteiger partial charge >= 0.3 is 0 Å². The molecular formula is C12H13NO2. The molecule has 0 bridgehead atoms. The molecule has 1 aromatic rings. The first-order valence-corrected chi connectivity index (χ1v) is 4.68. The summed E-state index contributed by atoms with van der Waals surface area (Å²) in [6.07, 6.45) is 0. The Morgan fingerprint density at radius 2 is 2.20 bits per heavy atom. The lowest BCUT2D eigenvalue weighted by atomic mass is 9.99. The number of ether oxygens (including phenoxy) is 1. The second kappa shape index (κ2) is 4.61. The quantitative estimate of drug-likeness (QED) is 0.708. The highest BCUT2D eigenvalue weighted by Crippen LogP contribution is 2.20. The molecule has 3 heteroatoms. The summed E-state index contributed by atoms with van der Waals surface area (Å²) in [4.78, 5) is 11.7. The number of benzene rings is 1. The first-order chi connectivity index (χ1) is 7.10. The molecule has 0 aliphatic carbocycles. The molecule has 0 aromatic heterocycles. The highest BCUT2D eigenvalue weighted by atomic mass is 16.5. The summed E-state index contributed by atoms with van der Waals surface area (Å²) >= 11 is 0. The molecule has 0 N–H and O–H groups in total. The minimum atomic E-state index is -0.614. The number of nitriles is 1. The molecule has 0 spiro atoms. The summed E-state index contributed by atoms with van der Waals surface area (Å²) in [7, 11) is 1.56. The number of rotatable bonds is 3. The molecule has 1 atom stereocenters. The topological polar surface area (TPSA) is 50.1 Å². The van der Waals surface area contributed by atoms with Gasteiger partial charge in [-0.25, -0.2) is 0 Å². The fraction of sp³-hybridized carbons (Fsp3) is 0.333. The van der Waals surface area contributed by atoms with Crippen LogP contribution in [-0.2, 0) is 0 Å². The fourth-order valence-electron chi connectivity index (χ4n) is 1.28. The van der Waals surface area contributed by atoms with Gasteiger partial charge in [-0.15, -0.1) is 0 Å². The average Bonchev–Trinajstić information content (AvgIpc) is 2.27. The molecular weight excluding hydrogens is 190 g/mol. The predicted molar refractivity (Wildman–Crippen MR) is 56.8 cm³/mol. The van der Waals surface area contributed by atoms with Crippen LogP contribution in [0.15, 0.2) is 18.2 Å². The van der Waals surface area contributed by atoms with E-state index >= 15 is 0 Å². The third kappa shape index (κ3) is 2.35. The monoisotopic (exact) mass is 203 g/mol. The van der Waals surface area contributed by atoms with Crippen molar-refractivity contribution in [2.45, 2.75) is 13.8 Å². The maximum atomic E-state index is 11.7. The molecule has 0 saturated heterocycles. The third-order valence-electron chi connectivity index (χ3n) is 2.28. The fourth-order valence-corrected chi connectivity index (χ4v) is 1.28. The van der Waals surface area contributed by atoms with E-state index in [1.807, 2.05) is 19.1 Å². The van der Waals surface area contributed by atoms with Gasteiger partial charge in [0.15, 0.2) is 5.78 Å². The Labute approximate surface area is 89.3 Å². The van der Waals surface area contributed by atoms with Gasteiger partial charge in [-0.2, -0.15) is 5.26 Å². The molecule has 3 nitrogen and oxygen atoms in total. The van der Waals surface area contributed by atoms with E-state index in [0.717, 1.165) is 5.56 Å². The Kier molecular flexibility index (Phi) is 3.46. The van der Waals surface area contributed by atoms with E-state index < -0.39 is 5.92 Å². The maximum absolute atomic E-state index is 11.7. The van der Waals surface area contributed by atoms with Gasteiger partial charge in [-0.1, -0.05) is 12.1 Å². The van der Waals surface area contributed by atoms with E-state index in [4.69, 9.17) is 10.00 Å². The SMILES string of the molecule is COc1cc(C(=O)C(C)C#N)ccc1C. The lowest BCUT2D eigenvalue weighted by Crippen LogP contribution is -2.09. The van der Waals surface area contributed by atoms with Crippen molar-refractivity contribution in [2.24, 2.45) is 5.92 Å². The first-order valence-electron chi connectivity index (χ1n) is 4.68. The zero-order valence-electron chi connectivity index (χ0n) is 9.07. The number of aryl methyl sites for hydroxylation is 1. The van der Waals surface area contributed by atoms with Crippen LogP contribution in [0.2, 0.25) is 0 Å². The summed E-state index contributed by atoms with van der Waals surface area (Å²) < 4.78 is 5.11. The van der Waals surface area contributed by atoms with Gasteiger partial charge in [0, 0.05) is 5.56 Å². The Morgan fingerprint density at radius 3 is 2.73 bits per heavy atom. The van der Waals surface area contributed by atoms with Gasteiger partial charge in [0.25, 0.3) is 0 Å². The second-order valence-electron chi connectivity index (χ2n) is 3.40.